The van der Waals surface area contributed by atoms with Crippen LogP contribution in [0.25, 0.3) is 0 Å². The first-order valence-corrected chi connectivity index (χ1v) is 4.83. The molecule has 16 heavy (non-hydrogen) atoms. The summed E-state index contributed by atoms with van der Waals surface area (Å²) in [7, 11) is 0. The van der Waals surface area contributed by atoms with Crippen molar-refractivity contribution in [2.45, 2.75) is 6.54 Å². The normalized spacial score (nSPS) is 9.75. The molecule has 0 spiro atoms. The Balaban J connectivity index is 2.13. The second kappa shape index (κ2) is 4.59. The molecule has 0 saturated carbocycles. The van der Waals surface area contributed by atoms with E-state index in [4.69, 9.17) is 16.9 Å². The molecule has 0 radical (unpaired) electrons. The first kappa shape index (κ1) is 10.4. The molecule has 0 fully saturated rings. The number of H-pyrrole nitrogens is 1. The van der Waals surface area contributed by atoms with Gasteiger partial charge in [-0.3, -0.25) is 0 Å². The summed E-state index contributed by atoms with van der Waals surface area (Å²) >= 11 is 5.78. The molecule has 0 bridgehead atoms. The molecule has 0 amide bonds. The summed E-state index contributed by atoms with van der Waals surface area (Å²) in [6.45, 7) is 0.396. The fraction of sp³-hybridized carbons (Fsp3) is 0.111. The van der Waals surface area contributed by atoms with Crippen molar-refractivity contribution in [1.82, 2.24) is 20.6 Å². The van der Waals surface area contributed by atoms with Gasteiger partial charge in [-0.1, -0.05) is 16.8 Å². The highest BCUT2D eigenvalue weighted by Gasteiger charge is 2.04. The average Bonchev–Trinajstić information content (AvgIpc) is 2.80. The van der Waals surface area contributed by atoms with Gasteiger partial charge in [0.15, 0.2) is 5.82 Å². The standard InChI is InChI=1S/C9H7ClN6/c10-7-1-2-8(6(3-7)4-11)12-5-9-13-15-16-14-9/h1-3,12H,5H2,(H,13,14,15,16). The minimum Gasteiger partial charge on any atom is -0.377 e. The third kappa shape index (κ3) is 2.27. The van der Waals surface area contributed by atoms with E-state index in [-0.39, 0.29) is 0 Å². The highest BCUT2D eigenvalue weighted by atomic mass is 35.5. The monoisotopic (exact) mass is 234 g/mol. The fourth-order valence-corrected chi connectivity index (χ4v) is 1.37. The van der Waals surface area contributed by atoms with E-state index in [9.17, 15) is 0 Å². The van der Waals surface area contributed by atoms with Crippen LogP contribution in [0, 0.1) is 11.3 Å². The molecule has 1 aromatic heterocycles. The van der Waals surface area contributed by atoms with E-state index in [1.54, 1.807) is 18.2 Å². The van der Waals surface area contributed by atoms with E-state index in [1.165, 1.54) is 0 Å². The zero-order chi connectivity index (χ0) is 11.4. The van der Waals surface area contributed by atoms with Crippen molar-refractivity contribution in [3.63, 3.8) is 0 Å². The molecule has 80 valence electrons. The largest absolute Gasteiger partial charge is 0.377 e. The van der Waals surface area contributed by atoms with Crippen molar-refractivity contribution in [1.29, 1.82) is 5.26 Å². The van der Waals surface area contributed by atoms with E-state index >= 15 is 0 Å². The van der Waals surface area contributed by atoms with Crippen LogP contribution in [-0.2, 0) is 6.54 Å². The molecule has 2 aromatic rings. The molecule has 0 atom stereocenters. The number of rotatable bonds is 3. The second-order valence-electron chi connectivity index (χ2n) is 2.98. The maximum Gasteiger partial charge on any atom is 0.193 e. The molecule has 0 unspecified atom stereocenters. The number of nitrogens with zero attached hydrogens (tertiary/aromatic N) is 4. The molecule has 1 aromatic carbocycles. The molecule has 0 saturated heterocycles. The summed E-state index contributed by atoms with van der Waals surface area (Å²) in [5.41, 5.74) is 1.17. The van der Waals surface area contributed by atoms with Gasteiger partial charge >= 0.3 is 0 Å². The highest BCUT2D eigenvalue weighted by molar-refractivity contribution is 6.30. The van der Waals surface area contributed by atoms with E-state index in [1.807, 2.05) is 0 Å². The van der Waals surface area contributed by atoms with E-state index < -0.39 is 0 Å². The summed E-state index contributed by atoms with van der Waals surface area (Å²) in [6.07, 6.45) is 0. The van der Waals surface area contributed by atoms with E-state index in [0.29, 0.717) is 28.6 Å². The molecular weight excluding hydrogens is 228 g/mol. The van der Waals surface area contributed by atoms with Crippen molar-refractivity contribution < 1.29 is 0 Å². The van der Waals surface area contributed by atoms with Crippen LogP contribution < -0.4 is 5.32 Å². The van der Waals surface area contributed by atoms with Crippen LogP contribution in [0.2, 0.25) is 5.02 Å². The molecule has 7 heteroatoms. The molecule has 6 nitrogen and oxygen atoms in total. The van der Waals surface area contributed by atoms with Crippen molar-refractivity contribution >= 4 is 17.3 Å². The number of benzene rings is 1. The Morgan fingerprint density at radius 1 is 1.50 bits per heavy atom. The number of aromatic amines is 1. The van der Waals surface area contributed by atoms with Crippen LogP contribution in [0.4, 0.5) is 5.69 Å². The fourth-order valence-electron chi connectivity index (χ4n) is 1.19. The minimum atomic E-state index is 0.396. The van der Waals surface area contributed by atoms with Gasteiger partial charge in [0.05, 0.1) is 17.8 Å². The molecular formula is C9H7ClN6. The van der Waals surface area contributed by atoms with Gasteiger partial charge in [-0.15, -0.1) is 10.2 Å². The molecule has 0 aliphatic heterocycles. The maximum absolute atomic E-state index is 8.90. The Hall–Kier alpha value is -2.13. The average molecular weight is 235 g/mol. The Labute approximate surface area is 96.2 Å². The Kier molecular flexibility index (Phi) is 2.98. The number of anilines is 1. The zero-order valence-electron chi connectivity index (χ0n) is 8.11. The summed E-state index contributed by atoms with van der Waals surface area (Å²) in [6, 6.07) is 7.10. The summed E-state index contributed by atoms with van der Waals surface area (Å²) in [5, 5.41) is 25.8. The first-order valence-electron chi connectivity index (χ1n) is 4.45. The lowest BCUT2D eigenvalue weighted by Gasteiger charge is -2.05. The molecule has 0 aliphatic carbocycles. The number of halogens is 1. The van der Waals surface area contributed by atoms with Gasteiger partial charge in [0, 0.05) is 5.02 Å². The predicted octanol–water partition coefficient (Wildman–Crippen LogP) is 1.34. The Bertz CT molecular complexity index is 515. The number of aromatic nitrogens is 4. The van der Waals surface area contributed by atoms with Crippen molar-refractivity contribution in [2.75, 3.05) is 5.32 Å². The molecule has 2 N–H and O–H groups in total. The Morgan fingerprint density at radius 2 is 2.38 bits per heavy atom. The van der Waals surface area contributed by atoms with Gasteiger partial charge in [-0.05, 0) is 18.2 Å². The van der Waals surface area contributed by atoms with Crippen LogP contribution in [-0.4, -0.2) is 20.6 Å². The van der Waals surface area contributed by atoms with Crippen LogP contribution in [0.5, 0.6) is 0 Å². The SMILES string of the molecule is N#Cc1cc(Cl)ccc1NCc1nn[nH]n1. The topological polar surface area (TPSA) is 90.3 Å². The Morgan fingerprint density at radius 3 is 3.06 bits per heavy atom. The lowest BCUT2D eigenvalue weighted by Crippen LogP contribution is -2.03. The first-order chi connectivity index (χ1) is 7.79. The third-order valence-electron chi connectivity index (χ3n) is 1.93. The third-order valence-corrected chi connectivity index (χ3v) is 2.16. The van der Waals surface area contributed by atoms with Gasteiger partial charge in [0.25, 0.3) is 0 Å². The van der Waals surface area contributed by atoms with Gasteiger partial charge in [-0.2, -0.15) is 10.5 Å². The summed E-state index contributed by atoms with van der Waals surface area (Å²) < 4.78 is 0. The minimum absolute atomic E-state index is 0.396. The van der Waals surface area contributed by atoms with Gasteiger partial charge in [-0.25, -0.2) is 0 Å². The number of hydrogen-bond donors (Lipinski definition) is 2. The van der Waals surface area contributed by atoms with Crippen molar-refractivity contribution in [3.05, 3.63) is 34.6 Å². The van der Waals surface area contributed by atoms with E-state index in [0.717, 1.165) is 0 Å². The molecule has 0 aliphatic rings. The zero-order valence-corrected chi connectivity index (χ0v) is 8.86. The van der Waals surface area contributed by atoms with Gasteiger partial charge in [0.1, 0.15) is 6.07 Å². The van der Waals surface area contributed by atoms with Gasteiger partial charge in [0.2, 0.25) is 0 Å². The van der Waals surface area contributed by atoms with Crippen LogP contribution >= 0.6 is 11.6 Å². The number of hydrogen-bond acceptors (Lipinski definition) is 5. The van der Waals surface area contributed by atoms with Crippen LogP contribution in [0.15, 0.2) is 18.2 Å². The smallest absolute Gasteiger partial charge is 0.193 e. The lowest BCUT2D eigenvalue weighted by molar-refractivity contribution is 0.881. The predicted molar refractivity (Wildman–Crippen MR) is 57.7 cm³/mol. The summed E-state index contributed by atoms with van der Waals surface area (Å²) in [4.78, 5) is 0. The van der Waals surface area contributed by atoms with Crippen LogP contribution in [0.3, 0.4) is 0 Å². The molecule has 2 rings (SSSR count). The molecule has 1 heterocycles. The number of tetrazole rings is 1. The maximum atomic E-state index is 8.90. The quantitative estimate of drug-likeness (QED) is 0.836. The lowest BCUT2D eigenvalue weighted by atomic mass is 10.2. The van der Waals surface area contributed by atoms with Crippen molar-refractivity contribution in [3.8, 4) is 6.07 Å². The number of nitriles is 1. The van der Waals surface area contributed by atoms with Crippen LogP contribution in [0.1, 0.15) is 11.4 Å². The highest BCUT2D eigenvalue weighted by Crippen LogP contribution is 2.19. The second-order valence-corrected chi connectivity index (χ2v) is 3.42. The summed E-state index contributed by atoms with van der Waals surface area (Å²) in [5.74, 6) is 0.527. The van der Waals surface area contributed by atoms with Gasteiger partial charge < -0.3 is 5.32 Å². The van der Waals surface area contributed by atoms with E-state index in [2.05, 4.69) is 32.0 Å². The number of nitrogens with one attached hydrogen (secondary N) is 2. The van der Waals surface area contributed by atoms with Crippen molar-refractivity contribution in [2.24, 2.45) is 0 Å².